The predicted octanol–water partition coefficient (Wildman–Crippen LogP) is 4.40. The standard InChI is InChI=1S/C22H26F2N2O/c1-16(18-10-11-20(23)21(24)13-18)25(2)22(27)19-9-6-12-26(15-19)14-17-7-4-3-5-8-17/h3-5,7-8,10-11,13,16,19H,6,9,12,14-15H2,1-2H3. The summed E-state index contributed by atoms with van der Waals surface area (Å²) >= 11 is 0. The summed E-state index contributed by atoms with van der Waals surface area (Å²) in [6.07, 6.45) is 1.84. The van der Waals surface area contributed by atoms with Crippen molar-refractivity contribution in [2.45, 2.75) is 32.4 Å². The molecule has 0 aromatic heterocycles. The Bertz CT molecular complexity index is 781. The molecular formula is C22H26F2N2O. The zero-order valence-electron chi connectivity index (χ0n) is 15.9. The van der Waals surface area contributed by atoms with Crippen LogP contribution in [0.3, 0.4) is 0 Å². The number of rotatable bonds is 5. The van der Waals surface area contributed by atoms with Crippen molar-refractivity contribution in [1.82, 2.24) is 9.80 Å². The minimum atomic E-state index is -0.882. The Balaban J connectivity index is 1.64. The molecule has 3 nitrogen and oxygen atoms in total. The van der Waals surface area contributed by atoms with Gasteiger partial charge in [0.1, 0.15) is 0 Å². The van der Waals surface area contributed by atoms with Crippen molar-refractivity contribution in [3.63, 3.8) is 0 Å². The number of carbonyl (C=O) groups is 1. The van der Waals surface area contributed by atoms with Crippen LogP contribution in [0.1, 0.15) is 36.9 Å². The van der Waals surface area contributed by atoms with Gasteiger partial charge in [-0.1, -0.05) is 36.4 Å². The molecule has 0 bridgehead atoms. The topological polar surface area (TPSA) is 23.6 Å². The zero-order valence-corrected chi connectivity index (χ0v) is 15.9. The normalized spacial score (nSPS) is 18.9. The van der Waals surface area contributed by atoms with Crippen molar-refractivity contribution in [3.8, 4) is 0 Å². The maximum atomic E-state index is 13.5. The Hall–Kier alpha value is -2.27. The number of likely N-dealkylation sites (tertiary alicyclic amines) is 1. The molecule has 2 aromatic carbocycles. The van der Waals surface area contributed by atoms with E-state index < -0.39 is 11.6 Å². The van der Waals surface area contributed by atoms with Gasteiger partial charge in [0.2, 0.25) is 5.91 Å². The van der Waals surface area contributed by atoms with Crippen LogP contribution < -0.4 is 0 Å². The van der Waals surface area contributed by atoms with Crippen LogP contribution in [0.2, 0.25) is 0 Å². The molecule has 5 heteroatoms. The van der Waals surface area contributed by atoms with E-state index in [1.165, 1.54) is 17.7 Å². The van der Waals surface area contributed by atoms with E-state index >= 15 is 0 Å². The second-order valence-electron chi connectivity index (χ2n) is 7.36. The molecule has 1 aliphatic heterocycles. The highest BCUT2D eigenvalue weighted by molar-refractivity contribution is 5.79. The van der Waals surface area contributed by atoms with Gasteiger partial charge in [-0.2, -0.15) is 0 Å². The SMILES string of the molecule is CC(c1ccc(F)c(F)c1)N(C)C(=O)C1CCCN(Cc2ccccc2)C1. The third-order valence-corrected chi connectivity index (χ3v) is 5.46. The van der Waals surface area contributed by atoms with Crippen LogP contribution in [0.5, 0.6) is 0 Å². The summed E-state index contributed by atoms with van der Waals surface area (Å²) in [6.45, 7) is 4.39. The quantitative estimate of drug-likeness (QED) is 0.777. The van der Waals surface area contributed by atoms with Gasteiger partial charge in [-0.15, -0.1) is 0 Å². The van der Waals surface area contributed by atoms with E-state index in [0.29, 0.717) is 5.56 Å². The summed E-state index contributed by atoms with van der Waals surface area (Å²) in [6, 6.07) is 13.8. The second-order valence-corrected chi connectivity index (χ2v) is 7.36. The lowest BCUT2D eigenvalue weighted by Gasteiger charge is -2.35. The number of piperidine rings is 1. The largest absolute Gasteiger partial charge is 0.339 e. The van der Waals surface area contributed by atoms with Crippen molar-refractivity contribution in [3.05, 3.63) is 71.3 Å². The van der Waals surface area contributed by atoms with Gasteiger partial charge >= 0.3 is 0 Å². The molecule has 144 valence electrons. The lowest BCUT2D eigenvalue weighted by atomic mass is 9.95. The molecule has 2 aromatic rings. The molecule has 1 saturated heterocycles. The first-order valence-corrected chi connectivity index (χ1v) is 9.43. The fourth-order valence-electron chi connectivity index (χ4n) is 3.72. The summed E-state index contributed by atoms with van der Waals surface area (Å²) in [5.41, 5.74) is 1.84. The third kappa shape index (κ3) is 4.72. The molecule has 2 atom stereocenters. The fourth-order valence-corrected chi connectivity index (χ4v) is 3.72. The lowest BCUT2D eigenvalue weighted by Crippen LogP contribution is -2.44. The smallest absolute Gasteiger partial charge is 0.227 e. The van der Waals surface area contributed by atoms with Crippen molar-refractivity contribution in [1.29, 1.82) is 0 Å². The average molecular weight is 372 g/mol. The second kappa shape index (κ2) is 8.61. The highest BCUT2D eigenvalue weighted by atomic mass is 19.2. The van der Waals surface area contributed by atoms with Gasteiger partial charge in [0.15, 0.2) is 11.6 Å². The molecule has 2 unspecified atom stereocenters. The lowest BCUT2D eigenvalue weighted by molar-refractivity contribution is -0.138. The summed E-state index contributed by atoms with van der Waals surface area (Å²) in [4.78, 5) is 17.0. The molecule has 1 heterocycles. The van der Waals surface area contributed by atoms with Gasteiger partial charge in [0, 0.05) is 20.1 Å². The van der Waals surface area contributed by atoms with E-state index in [2.05, 4.69) is 17.0 Å². The number of carbonyl (C=O) groups excluding carboxylic acids is 1. The molecule has 27 heavy (non-hydrogen) atoms. The number of halogens is 2. The Morgan fingerprint density at radius 3 is 2.63 bits per heavy atom. The van der Waals surface area contributed by atoms with Crippen LogP contribution in [0, 0.1) is 17.6 Å². The molecular weight excluding hydrogens is 346 g/mol. The first kappa shape index (κ1) is 19.5. The van der Waals surface area contributed by atoms with E-state index in [4.69, 9.17) is 0 Å². The number of benzene rings is 2. The van der Waals surface area contributed by atoms with Crippen LogP contribution in [-0.2, 0) is 11.3 Å². The van der Waals surface area contributed by atoms with E-state index in [9.17, 15) is 13.6 Å². The first-order chi connectivity index (χ1) is 13.0. The minimum Gasteiger partial charge on any atom is -0.339 e. The fraction of sp³-hybridized carbons (Fsp3) is 0.409. The van der Waals surface area contributed by atoms with Crippen molar-refractivity contribution in [2.24, 2.45) is 5.92 Å². The maximum absolute atomic E-state index is 13.5. The van der Waals surface area contributed by atoms with E-state index in [-0.39, 0.29) is 17.9 Å². The monoisotopic (exact) mass is 372 g/mol. The van der Waals surface area contributed by atoms with Crippen LogP contribution in [0.15, 0.2) is 48.5 Å². The summed E-state index contributed by atoms with van der Waals surface area (Å²) in [5, 5.41) is 0. The van der Waals surface area contributed by atoms with Gasteiger partial charge in [-0.3, -0.25) is 9.69 Å². The van der Waals surface area contributed by atoms with Crippen molar-refractivity contribution in [2.75, 3.05) is 20.1 Å². The molecule has 1 fully saturated rings. The minimum absolute atomic E-state index is 0.0602. The molecule has 0 radical (unpaired) electrons. The maximum Gasteiger partial charge on any atom is 0.227 e. The van der Waals surface area contributed by atoms with E-state index in [1.54, 1.807) is 11.9 Å². The van der Waals surface area contributed by atoms with E-state index in [1.807, 2.05) is 25.1 Å². The van der Waals surface area contributed by atoms with Gasteiger partial charge in [0.05, 0.1) is 12.0 Å². The molecule has 0 aliphatic carbocycles. The molecule has 1 aliphatic rings. The van der Waals surface area contributed by atoms with Crippen LogP contribution in [0.4, 0.5) is 8.78 Å². The van der Waals surface area contributed by atoms with Crippen LogP contribution in [-0.4, -0.2) is 35.8 Å². The summed E-state index contributed by atoms with van der Waals surface area (Å²) in [7, 11) is 1.74. The predicted molar refractivity (Wildman–Crippen MR) is 102 cm³/mol. The third-order valence-electron chi connectivity index (χ3n) is 5.46. The Morgan fingerprint density at radius 2 is 1.93 bits per heavy atom. The molecule has 1 amide bonds. The molecule has 0 saturated carbocycles. The average Bonchev–Trinajstić information content (AvgIpc) is 2.69. The van der Waals surface area contributed by atoms with Crippen molar-refractivity contribution < 1.29 is 13.6 Å². The van der Waals surface area contributed by atoms with Crippen molar-refractivity contribution >= 4 is 5.91 Å². The van der Waals surface area contributed by atoms with Crippen LogP contribution >= 0.6 is 0 Å². The summed E-state index contributed by atoms with van der Waals surface area (Å²) < 4.78 is 26.7. The first-order valence-electron chi connectivity index (χ1n) is 9.43. The Labute approximate surface area is 159 Å². The van der Waals surface area contributed by atoms with E-state index in [0.717, 1.165) is 38.5 Å². The number of hydrogen-bond donors (Lipinski definition) is 0. The van der Waals surface area contributed by atoms with Gasteiger partial charge in [-0.25, -0.2) is 8.78 Å². The number of nitrogens with zero attached hydrogens (tertiary/aromatic N) is 2. The molecule has 3 rings (SSSR count). The van der Waals surface area contributed by atoms with Gasteiger partial charge < -0.3 is 4.90 Å². The molecule has 0 N–H and O–H groups in total. The Kier molecular flexibility index (Phi) is 6.22. The van der Waals surface area contributed by atoms with Gasteiger partial charge in [0.25, 0.3) is 0 Å². The Morgan fingerprint density at radius 1 is 1.19 bits per heavy atom. The van der Waals surface area contributed by atoms with Crippen LogP contribution in [0.25, 0.3) is 0 Å². The summed E-state index contributed by atoms with van der Waals surface area (Å²) in [5.74, 6) is -1.76. The molecule has 0 spiro atoms. The number of hydrogen-bond acceptors (Lipinski definition) is 2. The number of amides is 1. The zero-order chi connectivity index (χ0) is 19.4. The van der Waals surface area contributed by atoms with Gasteiger partial charge in [-0.05, 0) is 49.6 Å². The highest BCUT2D eigenvalue weighted by Crippen LogP contribution is 2.26. The highest BCUT2D eigenvalue weighted by Gasteiger charge is 2.30.